The molecule has 2 aliphatic rings. The van der Waals surface area contributed by atoms with Gasteiger partial charge in [0.1, 0.15) is 5.69 Å². The highest BCUT2D eigenvalue weighted by Crippen LogP contribution is 2.43. The Morgan fingerprint density at radius 3 is 2.45 bits per heavy atom. The largest absolute Gasteiger partial charge is 0.389 e. The van der Waals surface area contributed by atoms with Crippen LogP contribution in [0.5, 0.6) is 0 Å². The standard InChI is InChI=1S/C29H33F5N6O2/c1-2-17-8-12-35-21(13-17)27(42)39-26(19-5-9-28(30,31)10-6-19)22-16-40-23(37-22)14-20(15-36-40)25(18-3-4-18)38-24(41)7-11-29(32,33)34/h8,12-16,18-19,25-26H,2-7,9-11H2,1H3,(H,38,41)(H,39,42)/t25-,26+/m1/s1. The van der Waals surface area contributed by atoms with Crippen LogP contribution in [0.3, 0.4) is 0 Å². The van der Waals surface area contributed by atoms with Gasteiger partial charge in [0.2, 0.25) is 11.8 Å². The molecule has 226 valence electrons. The maximum Gasteiger partial charge on any atom is 0.389 e. The predicted molar refractivity (Wildman–Crippen MR) is 143 cm³/mol. The Hall–Kier alpha value is -3.64. The molecule has 2 saturated carbocycles. The number of nitrogens with one attached hydrogen (secondary N) is 2. The van der Waals surface area contributed by atoms with Gasteiger partial charge in [0.25, 0.3) is 5.91 Å². The summed E-state index contributed by atoms with van der Waals surface area (Å²) in [5.74, 6) is -4.08. The van der Waals surface area contributed by atoms with Gasteiger partial charge in [-0.15, -0.1) is 0 Å². The Kier molecular flexibility index (Phi) is 8.47. The van der Waals surface area contributed by atoms with E-state index in [1.165, 1.54) is 4.52 Å². The molecule has 3 aromatic heterocycles. The van der Waals surface area contributed by atoms with E-state index in [0.717, 1.165) is 24.8 Å². The molecule has 0 bridgehead atoms. The van der Waals surface area contributed by atoms with Crippen LogP contribution in [0, 0.1) is 11.8 Å². The van der Waals surface area contributed by atoms with Crippen molar-refractivity contribution in [1.82, 2.24) is 30.2 Å². The maximum absolute atomic E-state index is 14.0. The van der Waals surface area contributed by atoms with E-state index in [4.69, 9.17) is 4.98 Å². The fourth-order valence-corrected chi connectivity index (χ4v) is 5.50. The molecule has 42 heavy (non-hydrogen) atoms. The minimum Gasteiger partial charge on any atom is -0.349 e. The van der Waals surface area contributed by atoms with Crippen molar-refractivity contribution in [2.45, 2.75) is 88.9 Å². The molecule has 2 fully saturated rings. The van der Waals surface area contributed by atoms with Crippen LogP contribution >= 0.6 is 0 Å². The molecule has 0 aromatic carbocycles. The third-order valence-corrected chi connectivity index (χ3v) is 8.07. The average molecular weight is 593 g/mol. The van der Waals surface area contributed by atoms with Gasteiger partial charge in [-0.2, -0.15) is 18.3 Å². The van der Waals surface area contributed by atoms with E-state index in [9.17, 15) is 31.5 Å². The Morgan fingerprint density at radius 1 is 1.07 bits per heavy atom. The Bertz CT molecular complexity index is 1430. The van der Waals surface area contributed by atoms with Crippen LogP contribution in [0.4, 0.5) is 22.0 Å². The van der Waals surface area contributed by atoms with Crippen molar-refractivity contribution in [3.63, 3.8) is 0 Å². The SMILES string of the molecule is CCc1ccnc(C(=O)N[C@H](c2cn3ncc([C@H](NC(=O)CCC(F)(F)F)C4CC4)cc3n2)C2CCC(F)(F)CC2)c1. The normalized spacial score (nSPS) is 18.9. The molecule has 3 heterocycles. The van der Waals surface area contributed by atoms with Gasteiger partial charge < -0.3 is 10.6 Å². The third kappa shape index (κ3) is 7.40. The summed E-state index contributed by atoms with van der Waals surface area (Å²) >= 11 is 0. The van der Waals surface area contributed by atoms with Crippen molar-refractivity contribution in [2.75, 3.05) is 0 Å². The lowest BCUT2D eigenvalue weighted by Gasteiger charge is -2.33. The van der Waals surface area contributed by atoms with Gasteiger partial charge in [-0.3, -0.25) is 14.6 Å². The van der Waals surface area contributed by atoms with Crippen molar-refractivity contribution in [2.24, 2.45) is 11.8 Å². The maximum atomic E-state index is 14.0. The number of halogens is 5. The first kappa shape index (κ1) is 29.8. The Labute approximate surface area is 239 Å². The molecule has 2 N–H and O–H groups in total. The van der Waals surface area contributed by atoms with Crippen LogP contribution in [0.1, 0.15) is 97.7 Å². The van der Waals surface area contributed by atoms with Gasteiger partial charge in [0, 0.05) is 25.5 Å². The zero-order valence-electron chi connectivity index (χ0n) is 23.1. The van der Waals surface area contributed by atoms with Crippen molar-refractivity contribution >= 4 is 17.5 Å². The number of nitrogens with zero attached hydrogens (tertiary/aromatic N) is 4. The average Bonchev–Trinajstić information content (AvgIpc) is 3.71. The number of carbonyl (C=O) groups excluding carboxylic acids is 2. The van der Waals surface area contributed by atoms with Gasteiger partial charge in [-0.05, 0) is 73.3 Å². The van der Waals surface area contributed by atoms with Gasteiger partial charge in [0.05, 0.1) is 36.6 Å². The summed E-state index contributed by atoms with van der Waals surface area (Å²) in [5, 5.41) is 10.1. The molecular weight excluding hydrogens is 559 g/mol. The van der Waals surface area contributed by atoms with Gasteiger partial charge in [0.15, 0.2) is 5.65 Å². The molecule has 2 atom stereocenters. The number of aryl methyl sites for hydroxylation is 1. The zero-order chi connectivity index (χ0) is 30.1. The highest BCUT2D eigenvalue weighted by molar-refractivity contribution is 5.92. The summed E-state index contributed by atoms with van der Waals surface area (Å²) in [5.41, 5.74) is 2.62. The summed E-state index contributed by atoms with van der Waals surface area (Å²) in [6, 6.07) is 4.05. The first-order valence-electron chi connectivity index (χ1n) is 14.3. The fraction of sp³-hybridized carbons (Fsp3) is 0.552. The molecule has 5 rings (SSSR count). The molecule has 0 spiro atoms. The van der Waals surface area contributed by atoms with E-state index in [1.807, 2.05) is 13.0 Å². The second kappa shape index (κ2) is 11.9. The molecular formula is C29H33F5N6O2. The molecule has 13 heteroatoms. The van der Waals surface area contributed by atoms with Gasteiger partial charge in [-0.25, -0.2) is 18.3 Å². The van der Waals surface area contributed by atoms with E-state index in [-0.39, 0.29) is 43.2 Å². The van der Waals surface area contributed by atoms with Crippen LogP contribution in [0.2, 0.25) is 0 Å². The van der Waals surface area contributed by atoms with E-state index in [2.05, 4.69) is 20.7 Å². The van der Waals surface area contributed by atoms with E-state index in [1.54, 1.807) is 30.7 Å². The van der Waals surface area contributed by atoms with Gasteiger partial charge >= 0.3 is 6.18 Å². The van der Waals surface area contributed by atoms with E-state index >= 15 is 0 Å². The Balaban J connectivity index is 1.40. The van der Waals surface area contributed by atoms with E-state index in [0.29, 0.717) is 16.9 Å². The first-order valence-corrected chi connectivity index (χ1v) is 14.3. The number of amides is 2. The van der Waals surface area contributed by atoms with Crippen molar-refractivity contribution in [1.29, 1.82) is 0 Å². The first-order chi connectivity index (χ1) is 19.9. The summed E-state index contributed by atoms with van der Waals surface area (Å²) < 4.78 is 67.3. The number of pyridine rings is 1. The number of rotatable bonds is 10. The van der Waals surface area contributed by atoms with Crippen molar-refractivity contribution in [3.05, 3.63) is 59.3 Å². The number of hydrogen-bond acceptors (Lipinski definition) is 5. The number of imidazole rings is 1. The van der Waals surface area contributed by atoms with Crippen LogP contribution in [0.15, 0.2) is 36.8 Å². The highest BCUT2D eigenvalue weighted by atomic mass is 19.4. The monoisotopic (exact) mass is 592 g/mol. The number of fused-ring (bicyclic) bond motifs is 1. The summed E-state index contributed by atoms with van der Waals surface area (Å²) in [4.78, 5) is 34.4. The molecule has 0 unspecified atom stereocenters. The molecule has 3 aromatic rings. The fourth-order valence-electron chi connectivity index (χ4n) is 5.50. The minimum absolute atomic E-state index is 0.0841. The minimum atomic E-state index is -4.42. The molecule has 2 aliphatic carbocycles. The van der Waals surface area contributed by atoms with Crippen LogP contribution in [-0.2, 0) is 11.2 Å². The Morgan fingerprint density at radius 2 is 1.79 bits per heavy atom. The summed E-state index contributed by atoms with van der Waals surface area (Å²) in [7, 11) is 0. The zero-order valence-corrected chi connectivity index (χ0v) is 23.1. The number of hydrogen-bond donors (Lipinski definition) is 2. The second-order valence-corrected chi connectivity index (χ2v) is 11.3. The quantitative estimate of drug-likeness (QED) is 0.286. The van der Waals surface area contributed by atoms with Crippen LogP contribution < -0.4 is 10.6 Å². The van der Waals surface area contributed by atoms with E-state index < -0.39 is 48.8 Å². The number of alkyl halides is 5. The van der Waals surface area contributed by atoms with Gasteiger partial charge in [-0.1, -0.05) is 6.92 Å². The lowest BCUT2D eigenvalue weighted by Crippen LogP contribution is -2.37. The molecule has 0 saturated heterocycles. The smallest absolute Gasteiger partial charge is 0.349 e. The lowest BCUT2D eigenvalue weighted by molar-refractivity contribution is -0.144. The molecule has 0 aliphatic heterocycles. The van der Waals surface area contributed by atoms with Crippen molar-refractivity contribution in [3.8, 4) is 0 Å². The second-order valence-electron chi connectivity index (χ2n) is 11.3. The third-order valence-electron chi connectivity index (χ3n) is 8.07. The molecule has 2 amide bonds. The lowest BCUT2D eigenvalue weighted by atomic mass is 9.81. The summed E-state index contributed by atoms with van der Waals surface area (Å²) in [6.45, 7) is 1.96. The molecule has 8 nitrogen and oxygen atoms in total. The number of carbonyl (C=O) groups is 2. The van der Waals surface area contributed by atoms with Crippen LogP contribution in [-0.4, -0.2) is 43.5 Å². The summed E-state index contributed by atoms with van der Waals surface area (Å²) in [6.07, 6.45) is 0.625. The molecule has 0 radical (unpaired) electrons. The highest BCUT2D eigenvalue weighted by Gasteiger charge is 2.40. The van der Waals surface area contributed by atoms with Crippen LogP contribution in [0.25, 0.3) is 5.65 Å². The predicted octanol–water partition coefficient (Wildman–Crippen LogP) is 5.89. The topological polar surface area (TPSA) is 101 Å². The van der Waals surface area contributed by atoms with Crippen molar-refractivity contribution < 1.29 is 31.5 Å². The number of aromatic nitrogens is 4.